The molecule has 1 aromatic rings. The molecule has 4 nitrogen and oxygen atoms in total. The first-order chi connectivity index (χ1) is 11.6. The minimum atomic E-state index is -0.648. The summed E-state index contributed by atoms with van der Waals surface area (Å²) in [7, 11) is 0. The molecule has 0 bridgehead atoms. The van der Waals surface area contributed by atoms with E-state index in [0.717, 1.165) is 30.5 Å². The largest absolute Gasteiger partial charge is 0.465 e. The van der Waals surface area contributed by atoms with E-state index in [-0.39, 0.29) is 17.9 Å². The molecule has 0 N–H and O–H groups in total. The topological polar surface area (TPSA) is 46.6 Å². The number of likely N-dealkylation sites (tertiary alicyclic amines) is 1. The van der Waals surface area contributed by atoms with E-state index in [0.29, 0.717) is 19.4 Å². The van der Waals surface area contributed by atoms with Gasteiger partial charge in [-0.25, -0.2) is 0 Å². The van der Waals surface area contributed by atoms with Crippen molar-refractivity contribution in [1.82, 2.24) is 4.90 Å². The first kappa shape index (κ1) is 16.7. The Hall–Kier alpha value is -2.10. The van der Waals surface area contributed by atoms with Crippen LogP contribution in [0.15, 0.2) is 42.1 Å². The number of piperidine rings is 1. The van der Waals surface area contributed by atoms with Gasteiger partial charge >= 0.3 is 5.97 Å². The van der Waals surface area contributed by atoms with E-state index >= 15 is 0 Å². The highest BCUT2D eigenvalue weighted by atomic mass is 16.5. The second-order valence-corrected chi connectivity index (χ2v) is 6.63. The SMILES string of the molecule is CCOC(=O)[C@@]12CCCC=C1N([C@H](C)c1ccccc1)C(=O)CC2. The van der Waals surface area contributed by atoms with E-state index in [2.05, 4.69) is 6.08 Å². The van der Waals surface area contributed by atoms with E-state index in [4.69, 9.17) is 4.74 Å². The van der Waals surface area contributed by atoms with Crippen LogP contribution in [-0.2, 0) is 14.3 Å². The average Bonchev–Trinajstić information content (AvgIpc) is 2.62. The first-order valence-corrected chi connectivity index (χ1v) is 8.85. The Kier molecular flexibility index (Phi) is 4.74. The van der Waals surface area contributed by atoms with Crippen molar-refractivity contribution >= 4 is 11.9 Å². The van der Waals surface area contributed by atoms with Gasteiger partial charge in [-0.2, -0.15) is 0 Å². The van der Waals surface area contributed by atoms with Crippen LogP contribution < -0.4 is 0 Å². The minimum absolute atomic E-state index is 0.0860. The van der Waals surface area contributed by atoms with Gasteiger partial charge in [-0.05, 0) is 45.1 Å². The van der Waals surface area contributed by atoms with Crippen molar-refractivity contribution in [3.8, 4) is 0 Å². The van der Waals surface area contributed by atoms with Gasteiger partial charge in [0.1, 0.15) is 5.41 Å². The molecule has 1 aliphatic carbocycles. The number of fused-ring (bicyclic) bond motifs is 1. The fourth-order valence-corrected chi connectivity index (χ4v) is 4.01. The van der Waals surface area contributed by atoms with Crippen molar-refractivity contribution in [2.24, 2.45) is 5.41 Å². The maximum atomic E-state index is 12.8. The lowest BCUT2D eigenvalue weighted by Crippen LogP contribution is -2.50. The Bertz CT molecular complexity index is 652. The van der Waals surface area contributed by atoms with Gasteiger partial charge in [0.2, 0.25) is 5.91 Å². The number of amides is 1. The third-order valence-electron chi connectivity index (χ3n) is 5.26. The number of carbonyl (C=O) groups excluding carboxylic acids is 2. The molecule has 1 aromatic carbocycles. The summed E-state index contributed by atoms with van der Waals surface area (Å²) >= 11 is 0. The second-order valence-electron chi connectivity index (χ2n) is 6.63. The number of carbonyl (C=O) groups is 2. The number of benzene rings is 1. The lowest BCUT2D eigenvalue weighted by Gasteiger charge is -2.47. The van der Waals surface area contributed by atoms with Gasteiger partial charge in [0.15, 0.2) is 0 Å². The molecule has 3 rings (SSSR count). The minimum Gasteiger partial charge on any atom is -0.465 e. The molecule has 0 saturated carbocycles. The molecule has 4 heteroatoms. The summed E-state index contributed by atoms with van der Waals surface area (Å²) in [5.41, 5.74) is 1.29. The molecule has 128 valence electrons. The number of hydrogen-bond acceptors (Lipinski definition) is 3. The average molecular weight is 327 g/mol. The van der Waals surface area contributed by atoms with E-state index in [1.54, 1.807) is 0 Å². The van der Waals surface area contributed by atoms with Crippen LogP contribution in [0.2, 0.25) is 0 Å². The number of esters is 1. The lowest BCUT2D eigenvalue weighted by atomic mass is 9.69. The van der Waals surface area contributed by atoms with Crippen LogP contribution in [0.1, 0.15) is 57.6 Å². The molecule has 1 fully saturated rings. The molecule has 0 radical (unpaired) electrons. The van der Waals surface area contributed by atoms with E-state index in [1.807, 2.05) is 49.1 Å². The van der Waals surface area contributed by atoms with Crippen molar-refractivity contribution in [3.05, 3.63) is 47.7 Å². The molecule has 1 heterocycles. The van der Waals surface area contributed by atoms with Crippen LogP contribution >= 0.6 is 0 Å². The number of rotatable bonds is 4. The van der Waals surface area contributed by atoms with Crippen LogP contribution in [0.4, 0.5) is 0 Å². The van der Waals surface area contributed by atoms with Crippen molar-refractivity contribution < 1.29 is 14.3 Å². The highest BCUT2D eigenvalue weighted by Crippen LogP contribution is 2.49. The summed E-state index contributed by atoms with van der Waals surface area (Å²) < 4.78 is 5.39. The highest BCUT2D eigenvalue weighted by molar-refractivity contribution is 5.88. The van der Waals surface area contributed by atoms with Crippen molar-refractivity contribution in [3.63, 3.8) is 0 Å². The summed E-state index contributed by atoms with van der Waals surface area (Å²) in [5, 5.41) is 0. The molecule has 2 atom stereocenters. The van der Waals surface area contributed by atoms with Crippen molar-refractivity contribution in [1.29, 1.82) is 0 Å². The quantitative estimate of drug-likeness (QED) is 0.786. The van der Waals surface area contributed by atoms with Gasteiger partial charge in [-0.15, -0.1) is 0 Å². The Balaban J connectivity index is 2.00. The third-order valence-corrected chi connectivity index (χ3v) is 5.26. The van der Waals surface area contributed by atoms with E-state index in [1.165, 1.54) is 0 Å². The molecular formula is C20H25NO3. The second kappa shape index (κ2) is 6.80. The maximum Gasteiger partial charge on any atom is 0.318 e. The normalized spacial score (nSPS) is 24.8. The molecule has 1 amide bonds. The van der Waals surface area contributed by atoms with Crippen LogP contribution in [0, 0.1) is 5.41 Å². The van der Waals surface area contributed by atoms with Crippen molar-refractivity contribution in [2.75, 3.05) is 6.61 Å². The van der Waals surface area contributed by atoms with Crippen molar-refractivity contribution in [2.45, 2.75) is 52.0 Å². The van der Waals surface area contributed by atoms with Gasteiger partial charge in [0, 0.05) is 12.1 Å². The summed E-state index contributed by atoms with van der Waals surface area (Å²) in [6.45, 7) is 4.24. The monoisotopic (exact) mass is 327 g/mol. The molecule has 0 aromatic heterocycles. The van der Waals surface area contributed by atoms with Gasteiger partial charge in [-0.1, -0.05) is 36.4 Å². The number of allylic oxidation sites excluding steroid dienone is 1. The number of hydrogen-bond donors (Lipinski definition) is 0. The predicted octanol–water partition coefficient (Wildman–Crippen LogP) is 3.99. The fraction of sp³-hybridized carbons (Fsp3) is 0.500. The zero-order valence-electron chi connectivity index (χ0n) is 14.5. The third kappa shape index (κ3) is 2.74. The van der Waals surface area contributed by atoms with Gasteiger partial charge in [-0.3, -0.25) is 9.59 Å². The molecule has 1 aliphatic heterocycles. The van der Waals surface area contributed by atoms with Crippen LogP contribution in [0.25, 0.3) is 0 Å². The molecule has 2 aliphatic rings. The Morgan fingerprint density at radius 2 is 2.04 bits per heavy atom. The van der Waals surface area contributed by atoms with Gasteiger partial charge in [0.05, 0.1) is 12.6 Å². The zero-order valence-corrected chi connectivity index (χ0v) is 14.5. The first-order valence-electron chi connectivity index (χ1n) is 8.85. The molecule has 24 heavy (non-hydrogen) atoms. The predicted molar refractivity (Wildman–Crippen MR) is 91.9 cm³/mol. The summed E-state index contributed by atoms with van der Waals surface area (Å²) in [6, 6.07) is 9.90. The summed E-state index contributed by atoms with van der Waals surface area (Å²) in [5.74, 6) is -0.0758. The Morgan fingerprint density at radius 1 is 1.29 bits per heavy atom. The smallest absolute Gasteiger partial charge is 0.318 e. The van der Waals surface area contributed by atoms with Crippen LogP contribution in [-0.4, -0.2) is 23.4 Å². The number of ether oxygens (including phenoxy) is 1. The lowest BCUT2D eigenvalue weighted by molar-refractivity contribution is -0.159. The van der Waals surface area contributed by atoms with Crippen LogP contribution in [0.3, 0.4) is 0 Å². The van der Waals surface area contributed by atoms with E-state index in [9.17, 15) is 9.59 Å². The molecular weight excluding hydrogens is 302 g/mol. The van der Waals surface area contributed by atoms with E-state index < -0.39 is 5.41 Å². The Labute approximate surface area is 143 Å². The molecule has 0 spiro atoms. The number of nitrogens with zero attached hydrogens (tertiary/aromatic N) is 1. The summed E-state index contributed by atoms with van der Waals surface area (Å²) in [4.78, 5) is 27.3. The van der Waals surface area contributed by atoms with Gasteiger partial charge in [0.25, 0.3) is 0 Å². The standard InChI is InChI=1S/C20H25NO3/c1-3-24-19(23)20-13-8-7-11-17(20)21(18(22)12-14-20)15(2)16-9-5-4-6-10-16/h4-6,9-11,15H,3,7-8,12-14H2,1-2H3/t15-,20-/m1/s1. The Morgan fingerprint density at radius 3 is 2.75 bits per heavy atom. The molecule has 1 saturated heterocycles. The highest BCUT2D eigenvalue weighted by Gasteiger charge is 2.51. The molecule has 0 unspecified atom stereocenters. The van der Waals surface area contributed by atoms with Gasteiger partial charge < -0.3 is 9.64 Å². The van der Waals surface area contributed by atoms with Crippen LogP contribution in [0.5, 0.6) is 0 Å². The summed E-state index contributed by atoms with van der Waals surface area (Å²) in [6.07, 6.45) is 5.67. The maximum absolute atomic E-state index is 12.8. The zero-order chi connectivity index (χ0) is 17.2. The fourth-order valence-electron chi connectivity index (χ4n) is 4.01.